The molecule has 2 aromatic heterocycles. The first-order valence-corrected chi connectivity index (χ1v) is 10.6. The number of nitrogens with zero attached hydrogens (tertiary/aromatic N) is 3. The van der Waals surface area contributed by atoms with E-state index in [9.17, 15) is 14.4 Å². The summed E-state index contributed by atoms with van der Waals surface area (Å²) in [6.45, 7) is 9.99. The molecule has 0 atom stereocenters. The first-order valence-electron chi connectivity index (χ1n) is 9.75. The van der Waals surface area contributed by atoms with Gasteiger partial charge in [0, 0.05) is 13.2 Å². The normalized spacial score (nSPS) is 11.5. The molecule has 10 nitrogen and oxygen atoms in total. The third-order valence-corrected chi connectivity index (χ3v) is 4.73. The molecule has 0 unspecified atom stereocenters. The highest BCUT2D eigenvalue weighted by Gasteiger charge is 2.36. The smallest absolute Gasteiger partial charge is 0.424 e. The maximum Gasteiger partial charge on any atom is 0.424 e. The zero-order chi connectivity index (χ0) is 24.3. The molecule has 0 aromatic carbocycles. The first kappa shape index (κ1) is 25.1. The van der Waals surface area contributed by atoms with E-state index >= 15 is 0 Å². The summed E-state index contributed by atoms with van der Waals surface area (Å²) in [7, 11) is 2.88. The van der Waals surface area contributed by atoms with Gasteiger partial charge in [0.1, 0.15) is 16.1 Å². The molecule has 0 spiro atoms. The minimum absolute atomic E-state index is 0.0174. The topological polar surface area (TPSA) is 120 Å². The van der Waals surface area contributed by atoms with E-state index in [0.29, 0.717) is 21.4 Å². The number of hydrogen-bond donors (Lipinski definition) is 1. The zero-order valence-electron chi connectivity index (χ0n) is 19.4. The number of rotatable bonds is 4. The van der Waals surface area contributed by atoms with Crippen LogP contribution >= 0.6 is 11.3 Å². The van der Waals surface area contributed by atoms with E-state index in [1.165, 1.54) is 13.2 Å². The summed E-state index contributed by atoms with van der Waals surface area (Å²) in [4.78, 5) is 48.2. The van der Waals surface area contributed by atoms with Crippen molar-refractivity contribution in [3.63, 3.8) is 0 Å². The monoisotopic (exact) mass is 464 g/mol. The summed E-state index contributed by atoms with van der Waals surface area (Å²) in [5.74, 6) is -0.357. The second-order valence-corrected chi connectivity index (χ2v) is 9.68. The van der Waals surface area contributed by atoms with E-state index in [2.05, 4.69) is 15.3 Å². The van der Waals surface area contributed by atoms with Crippen LogP contribution in [-0.4, -0.2) is 53.5 Å². The Balaban J connectivity index is 2.66. The highest BCUT2D eigenvalue weighted by molar-refractivity contribution is 7.18. The molecule has 11 heteroatoms. The summed E-state index contributed by atoms with van der Waals surface area (Å²) in [6.07, 6.45) is -0.426. The number of thiophene rings is 1. The molecule has 0 bridgehead atoms. The molecular formula is C21H28N4O6S. The Hall–Kier alpha value is -3.21. The van der Waals surface area contributed by atoms with E-state index in [1.54, 1.807) is 60.9 Å². The average molecular weight is 465 g/mol. The van der Waals surface area contributed by atoms with Crippen LogP contribution in [0.5, 0.6) is 0 Å². The maximum atomic E-state index is 13.0. The molecule has 2 amide bonds. The zero-order valence-corrected chi connectivity index (χ0v) is 20.2. The molecule has 0 saturated heterocycles. The van der Waals surface area contributed by atoms with Crippen molar-refractivity contribution in [3.8, 4) is 10.6 Å². The van der Waals surface area contributed by atoms with Crippen LogP contribution in [0.2, 0.25) is 0 Å². The third-order valence-electron chi connectivity index (χ3n) is 3.61. The van der Waals surface area contributed by atoms with Gasteiger partial charge in [0.2, 0.25) is 5.95 Å². The quantitative estimate of drug-likeness (QED) is 0.506. The number of carbonyl (C=O) groups is 3. The van der Waals surface area contributed by atoms with E-state index in [4.69, 9.17) is 14.2 Å². The number of methoxy groups -OCH3 is 1. The van der Waals surface area contributed by atoms with Crippen molar-refractivity contribution >= 4 is 41.1 Å². The first-order chi connectivity index (χ1) is 14.8. The SMILES string of the molecule is CNc1nccc(-c2cc(N(C(=O)OC(C)(C)C)C(=O)OC(C)(C)C)c(C(=O)OC)s2)n1. The lowest BCUT2D eigenvalue weighted by Crippen LogP contribution is -2.44. The molecule has 32 heavy (non-hydrogen) atoms. The fourth-order valence-corrected chi connectivity index (χ4v) is 3.45. The van der Waals surface area contributed by atoms with E-state index in [0.717, 1.165) is 11.3 Å². The maximum absolute atomic E-state index is 13.0. The highest BCUT2D eigenvalue weighted by atomic mass is 32.1. The van der Waals surface area contributed by atoms with Gasteiger partial charge in [-0.3, -0.25) is 0 Å². The Labute approximate surface area is 190 Å². The number of amides is 2. The van der Waals surface area contributed by atoms with Crippen LogP contribution in [0, 0.1) is 0 Å². The van der Waals surface area contributed by atoms with Crippen LogP contribution in [0.3, 0.4) is 0 Å². The fourth-order valence-electron chi connectivity index (χ4n) is 2.42. The van der Waals surface area contributed by atoms with Crippen LogP contribution in [-0.2, 0) is 14.2 Å². The molecule has 1 N–H and O–H groups in total. The second kappa shape index (κ2) is 9.51. The van der Waals surface area contributed by atoms with Crippen molar-refractivity contribution in [3.05, 3.63) is 23.2 Å². The van der Waals surface area contributed by atoms with Gasteiger partial charge >= 0.3 is 18.2 Å². The van der Waals surface area contributed by atoms with Crippen molar-refractivity contribution < 1.29 is 28.6 Å². The lowest BCUT2D eigenvalue weighted by Gasteiger charge is -2.28. The number of anilines is 2. The molecule has 0 radical (unpaired) electrons. The van der Waals surface area contributed by atoms with Gasteiger partial charge in [-0.05, 0) is 53.7 Å². The van der Waals surface area contributed by atoms with Gasteiger partial charge in [-0.15, -0.1) is 11.3 Å². The van der Waals surface area contributed by atoms with Crippen LogP contribution in [0.15, 0.2) is 18.3 Å². The molecule has 0 aliphatic carbocycles. The predicted octanol–water partition coefficient (Wildman–Crippen LogP) is 4.71. The minimum Gasteiger partial charge on any atom is -0.465 e. The fraction of sp³-hybridized carbons (Fsp3) is 0.476. The minimum atomic E-state index is -0.986. The predicted molar refractivity (Wildman–Crippen MR) is 121 cm³/mol. The second-order valence-electron chi connectivity index (χ2n) is 8.63. The van der Waals surface area contributed by atoms with Gasteiger partial charge in [0.15, 0.2) is 0 Å². The average Bonchev–Trinajstić information content (AvgIpc) is 3.09. The molecule has 0 aliphatic heterocycles. The Bertz CT molecular complexity index is 978. The molecule has 174 valence electrons. The van der Waals surface area contributed by atoms with Crippen LogP contribution in [0.4, 0.5) is 21.2 Å². The molecule has 2 rings (SSSR count). The van der Waals surface area contributed by atoms with Gasteiger partial charge < -0.3 is 19.5 Å². The van der Waals surface area contributed by atoms with Crippen molar-refractivity contribution in [1.29, 1.82) is 0 Å². The number of aromatic nitrogens is 2. The summed E-state index contributed by atoms with van der Waals surface area (Å²) >= 11 is 1.01. The van der Waals surface area contributed by atoms with Crippen molar-refractivity contribution in [2.24, 2.45) is 0 Å². The Morgan fingerprint density at radius 3 is 2.06 bits per heavy atom. The number of hydrogen-bond acceptors (Lipinski definition) is 10. The van der Waals surface area contributed by atoms with E-state index < -0.39 is 29.4 Å². The van der Waals surface area contributed by atoms with Gasteiger partial charge in [-0.1, -0.05) is 0 Å². The van der Waals surface area contributed by atoms with Crippen molar-refractivity contribution in [2.45, 2.75) is 52.7 Å². The number of carbonyl (C=O) groups excluding carboxylic acids is 3. The molecule has 0 saturated carbocycles. The Morgan fingerprint density at radius 1 is 1.03 bits per heavy atom. The van der Waals surface area contributed by atoms with Crippen LogP contribution < -0.4 is 10.2 Å². The number of imide groups is 1. The molecule has 0 fully saturated rings. The summed E-state index contributed by atoms with van der Waals surface area (Å²) in [6, 6.07) is 3.13. The van der Waals surface area contributed by atoms with Crippen LogP contribution in [0.1, 0.15) is 51.2 Å². The molecular weight excluding hydrogens is 436 g/mol. The highest BCUT2D eigenvalue weighted by Crippen LogP contribution is 2.38. The Kier molecular flexibility index (Phi) is 7.45. The lowest BCUT2D eigenvalue weighted by atomic mass is 10.2. The number of nitrogens with one attached hydrogen (secondary N) is 1. The summed E-state index contributed by atoms with van der Waals surface area (Å²) in [5.41, 5.74) is -1.32. The van der Waals surface area contributed by atoms with Crippen LogP contribution in [0.25, 0.3) is 10.6 Å². The molecule has 2 heterocycles. The van der Waals surface area contributed by atoms with Crippen molar-refractivity contribution in [2.75, 3.05) is 24.4 Å². The van der Waals surface area contributed by atoms with Crippen molar-refractivity contribution in [1.82, 2.24) is 9.97 Å². The van der Waals surface area contributed by atoms with Gasteiger partial charge in [0.25, 0.3) is 0 Å². The molecule has 0 aliphatic rings. The van der Waals surface area contributed by atoms with Gasteiger partial charge in [-0.25, -0.2) is 24.4 Å². The third kappa shape index (κ3) is 6.39. The standard InChI is InChI=1S/C21H28N4O6S/c1-20(2,3)30-18(27)25(19(28)31-21(4,5)6)13-11-14(32-15(13)16(26)29-8)12-9-10-23-17(22-7)24-12/h9-11H,1-8H3,(H,22,23,24). The number of esters is 1. The summed E-state index contributed by atoms with van der Waals surface area (Å²) < 4.78 is 15.7. The Morgan fingerprint density at radius 2 is 1.59 bits per heavy atom. The van der Waals surface area contributed by atoms with E-state index in [-0.39, 0.29) is 10.6 Å². The largest absolute Gasteiger partial charge is 0.465 e. The lowest BCUT2D eigenvalue weighted by molar-refractivity contribution is 0.0431. The van der Waals surface area contributed by atoms with Gasteiger partial charge in [0.05, 0.1) is 23.4 Å². The van der Waals surface area contributed by atoms with E-state index in [1.807, 2.05) is 0 Å². The summed E-state index contributed by atoms with van der Waals surface area (Å²) in [5, 5.41) is 2.84. The number of ether oxygens (including phenoxy) is 3. The molecule has 2 aromatic rings. The van der Waals surface area contributed by atoms with Gasteiger partial charge in [-0.2, -0.15) is 4.90 Å².